The number of fused-ring (bicyclic) bond motifs is 1. The second-order valence-corrected chi connectivity index (χ2v) is 5.86. The molecule has 1 aromatic heterocycles. The van der Waals surface area contributed by atoms with Crippen molar-refractivity contribution in [3.8, 4) is 0 Å². The lowest BCUT2D eigenvalue weighted by Gasteiger charge is -2.27. The fourth-order valence-electron chi connectivity index (χ4n) is 2.98. The van der Waals surface area contributed by atoms with Crippen LogP contribution < -0.4 is 10.2 Å². The fourth-order valence-corrected chi connectivity index (χ4v) is 2.98. The number of aromatic nitrogens is 1. The molecule has 1 aromatic carbocycles. The Bertz CT molecular complexity index is 622. The SMILES string of the molecule is Cc1cccc(CNCc2ccc3c(c2)CCCN3C)n1. The largest absolute Gasteiger partial charge is 0.374 e. The van der Waals surface area contributed by atoms with Gasteiger partial charge < -0.3 is 10.2 Å². The van der Waals surface area contributed by atoms with Gasteiger partial charge in [0.05, 0.1) is 5.69 Å². The number of aryl methyl sites for hydroxylation is 2. The molecule has 0 radical (unpaired) electrons. The topological polar surface area (TPSA) is 28.2 Å². The molecule has 0 atom stereocenters. The van der Waals surface area contributed by atoms with Gasteiger partial charge in [-0.05, 0) is 49.1 Å². The Morgan fingerprint density at radius 3 is 2.95 bits per heavy atom. The number of rotatable bonds is 4. The van der Waals surface area contributed by atoms with Crippen LogP contribution in [0, 0.1) is 6.92 Å². The molecule has 110 valence electrons. The number of anilines is 1. The van der Waals surface area contributed by atoms with Crippen LogP contribution in [-0.2, 0) is 19.5 Å². The van der Waals surface area contributed by atoms with Gasteiger partial charge in [-0.1, -0.05) is 18.2 Å². The first-order valence-corrected chi connectivity index (χ1v) is 7.68. The maximum absolute atomic E-state index is 4.52. The third kappa shape index (κ3) is 3.42. The summed E-state index contributed by atoms with van der Waals surface area (Å²) in [5.74, 6) is 0. The normalized spacial score (nSPS) is 14.1. The Kier molecular flexibility index (Phi) is 4.20. The molecule has 0 fully saturated rings. The molecule has 0 spiro atoms. The second-order valence-electron chi connectivity index (χ2n) is 5.86. The zero-order chi connectivity index (χ0) is 14.7. The lowest BCUT2D eigenvalue weighted by atomic mass is 9.99. The standard InChI is InChI=1S/C18H23N3/c1-14-5-3-7-17(20-14)13-19-12-15-8-9-18-16(11-15)6-4-10-21(18)2/h3,5,7-9,11,19H,4,6,10,12-13H2,1-2H3. The van der Waals surface area contributed by atoms with Crippen LogP contribution in [0.25, 0.3) is 0 Å². The third-order valence-electron chi connectivity index (χ3n) is 4.08. The van der Waals surface area contributed by atoms with Crippen LogP contribution in [0.2, 0.25) is 0 Å². The number of hydrogen-bond acceptors (Lipinski definition) is 3. The monoisotopic (exact) mass is 281 g/mol. The van der Waals surface area contributed by atoms with Gasteiger partial charge in [-0.2, -0.15) is 0 Å². The molecule has 21 heavy (non-hydrogen) atoms. The summed E-state index contributed by atoms with van der Waals surface area (Å²) >= 11 is 0. The van der Waals surface area contributed by atoms with Gasteiger partial charge in [0.15, 0.2) is 0 Å². The van der Waals surface area contributed by atoms with Gasteiger partial charge in [0.2, 0.25) is 0 Å². The van der Waals surface area contributed by atoms with Crippen molar-refractivity contribution in [2.45, 2.75) is 32.9 Å². The number of nitrogens with zero attached hydrogens (tertiary/aromatic N) is 2. The van der Waals surface area contributed by atoms with Crippen molar-refractivity contribution in [2.24, 2.45) is 0 Å². The highest BCUT2D eigenvalue weighted by Gasteiger charge is 2.13. The molecular formula is C18H23N3. The first-order chi connectivity index (χ1) is 10.2. The van der Waals surface area contributed by atoms with Gasteiger partial charge >= 0.3 is 0 Å². The van der Waals surface area contributed by atoms with E-state index >= 15 is 0 Å². The molecule has 1 aliphatic rings. The number of nitrogens with one attached hydrogen (secondary N) is 1. The van der Waals surface area contributed by atoms with Crippen molar-refractivity contribution in [3.05, 3.63) is 58.9 Å². The molecule has 0 saturated carbocycles. The van der Waals surface area contributed by atoms with Crippen molar-refractivity contribution >= 4 is 5.69 Å². The first-order valence-electron chi connectivity index (χ1n) is 7.68. The summed E-state index contributed by atoms with van der Waals surface area (Å²) in [6.07, 6.45) is 2.46. The summed E-state index contributed by atoms with van der Waals surface area (Å²) in [6, 6.07) is 13.0. The van der Waals surface area contributed by atoms with Crippen LogP contribution in [0.1, 0.15) is 28.9 Å². The molecule has 1 N–H and O–H groups in total. The van der Waals surface area contributed by atoms with E-state index in [9.17, 15) is 0 Å². The smallest absolute Gasteiger partial charge is 0.0544 e. The van der Waals surface area contributed by atoms with Gasteiger partial charge in [0.25, 0.3) is 0 Å². The van der Waals surface area contributed by atoms with Gasteiger partial charge in [0.1, 0.15) is 0 Å². The molecule has 0 saturated heterocycles. The van der Waals surface area contributed by atoms with Crippen molar-refractivity contribution in [3.63, 3.8) is 0 Å². The van der Waals surface area contributed by atoms with Crippen LogP contribution >= 0.6 is 0 Å². The molecule has 0 bridgehead atoms. The minimum Gasteiger partial charge on any atom is -0.374 e. The Balaban J connectivity index is 1.61. The molecule has 0 unspecified atom stereocenters. The minimum atomic E-state index is 0.818. The van der Waals surface area contributed by atoms with E-state index in [-0.39, 0.29) is 0 Å². The van der Waals surface area contributed by atoms with E-state index < -0.39 is 0 Å². The van der Waals surface area contributed by atoms with E-state index in [1.54, 1.807) is 0 Å². The van der Waals surface area contributed by atoms with Crippen LogP contribution in [-0.4, -0.2) is 18.6 Å². The van der Waals surface area contributed by atoms with Crippen LogP contribution in [0.15, 0.2) is 36.4 Å². The summed E-state index contributed by atoms with van der Waals surface area (Å²) in [5.41, 5.74) is 6.41. The minimum absolute atomic E-state index is 0.818. The molecule has 2 heterocycles. The molecule has 3 rings (SSSR count). The Morgan fingerprint density at radius 1 is 1.19 bits per heavy atom. The second kappa shape index (κ2) is 6.27. The van der Waals surface area contributed by atoms with E-state index in [0.29, 0.717) is 0 Å². The van der Waals surface area contributed by atoms with Crippen molar-refractivity contribution < 1.29 is 0 Å². The van der Waals surface area contributed by atoms with Gasteiger partial charge in [-0.3, -0.25) is 4.98 Å². The number of hydrogen-bond donors (Lipinski definition) is 1. The number of pyridine rings is 1. The van der Waals surface area contributed by atoms with E-state index in [1.807, 2.05) is 13.0 Å². The molecule has 1 aliphatic heterocycles. The Labute approximate surface area is 127 Å². The maximum atomic E-state index is 4.52. The molecule has 3 nitrogen and oxygen atoms in total. The van der Waals surface area contributed by atoms with Crippen LogP contribution in [0.5, 0.6) is 0 Å². The molecule has 0 amide bonds. The predicted molar refractivity (Wildman–Crippen MR) is 87.6 cm³/mol. The summed E-state index contributed by atoms with van der Waals surface area (Å²) in [7, 11) is 2.18. The average Bonchev–Trinajstić information content (AvgIpc) is 2.47. The summed E-state index contributed by atoms with van der Waals surface area (Å²) < 4.78 is 0. The van der Waals surface area contributed by atoms with E-state index in [4.69, 9.17) is 0 Å². The van der Waals surface area contributed by atoms with Gasteiger partial charge in [-0.15, -0.1) is 0 Å². The average molecular weight is 281 g/mol. The lowest BCUT2D eigenvalue weighted by Crippen LogP contribution is -2.24. The van der Waals surface area contributed by atoms with E-state index in [1.165, 1.54) is 36.2 Å². The van der Waals surface area contributed by atoms with E-state index in [2.05, 4.69) is 52.6 Å². The predicted octanol–water partition coefficient (Wildman–Crippen LogP) is 3.06. The van der Waals surface area contributed by atoms with Crippen LogP contribution in [0.3, 0.4) is 0 Å². The highest BCUT2D eigenvalue weighted by molar-refractivity contribution is 5.56. The van der Waals surface area contributed by atoms with Gasteiger partial charge in [-0.25, -0.2) is 0 Å². The van der Waals surface area contributed by atoms with E-state index in [0.717, 1.165) is 24.5 Å². The zero-order valence-electron chi connectivity index (χ0n) is 12.9. The highest BCUT2D eigenvalue weighted by Crippen LogP contribution is 2.26. The van der Waals surface area contributed by atoms with Crippen LogP contribution in [0.4, 0.5) is 5.69 Å². The maximum Gasteiger partial charge on any atom is 0.0544 e. The Morgan fingerprint density at radius 2 is 2.10 bits per heavy atom. The number of benzene rings is 1. The summed E-state index contributed by atoms with van der Waals surface area (Å²) in [6.45, 7) is 4.92. The highest BCUT2D eigenvalue weighted by atomic mass is 15.1. The quantitative estimate of drug-likeness (QED) is 0.933. The molecular weight excluding hydrogens is 258 g/mol. The molecule has 2 aromatic rings. The zero-order valence-corrected chi connectivity index (χ0v) is 12.9. The summed E-state index contributed by atoms with van der Waals surface area (Å²) in [4.78, 5) is 6.87. The molecule has 3 heteroatoms. The van der Waals surface area contributed by atoms with Crippen molar-refractivity contribution in [1.29, 1.82) is 0 Å². The molecule has 0 aliphatic carbocycles. The fraction of sp³-hybridized carbons (Fsp3) is 0.389. The summed E-state index contributed by atoms with van der Waals surface area (Å²) in [5, 5.41) is 3.49. The van der Waals surface area contributed by atoms with Crippen molar-refractivity contribution in [1.82, 2.24) is 10.3 Å². The Hall–Kier alpha value is -1.87. The first kappa shape index (κ1) is 14.1. The lowest BCUT2D eigenvalue weighted by molar-refractivity contribution is 0.675. The third-order valence-corrected chi connectivity index (χ3v) is 4.08. The van der Waals surface area contributed by atoms with Gasteiger partial charge in [0, 0.05) is 38.1 Å². The van der Waals surface area contributed by atoms with Crippen molar-refractivity contribution in [2.75, 3.05) is 18.5 Å².